The van der Waals surface area contributed by atoms with E-state index < -0.39 is 17.5 Å². The van der Waals surface area contributed by atoms with Crippen molar-refractivity contribution in [3.63, 3.8) is 0 Å². The zero-order valence-electron chi connectivity index (χ0n) is 17.2. The molecule has 3 rings (SSSR count). The van der Waals surface area contributed by atoms with Gasteiger partial charge in [-0.05, 0) is 38.0 Å². The Labute approximate surface area is 170 Å². The van der Waals surface area contributed by atoms with E-state index in [1.807, 2.05) is 13.0 Å². The topological polar surface area (TPSA) is 97.0 Å². The summed E-state index contributed by atoms with van der Waals surface area (Å²) in [5, 5.41) is 5.60. The van der Waals surface area contributed by atoms with Crippen LogP contribution in [0.3, 0.4) is 0 Å². The van der Waals surface area contributed by atoms with Gasteiger partial charge in [0.05, 0.1) is 0 Å². The first-order chi connectivity index (χ1) is 13.8. The van der Waals surface area contributed by atoms with Crippen LogP contribution in [0.25, 0.3) is 0 Å². The summed E-state index contributed by atoms with van der Waals surface area (Å²) in [6.07, 6.45) is 4.44. The van der Waals surface area contributed by atoms with Crippen LogP contribution in [0.15, 0.2) is 18.2 Å². The summed E-state index contributed by atoms with van der Waals surface area (Å²) in [5.74, 6) is 0.544. The standard InChI is InChI=1S/C21H29N3O5/c1-4-5-6-7-14(2)22-18(25)12-24-19(26)21(3,23-20(24)27)11-15-8-9-16-17(10-15)29-13-28-16/h8-10,14H,4-7,11-13H2,1-3H3,(H,22,25)(H,23,27)/t14-,21-/m1/s1. The van der Waals surface area contributed by atoms with Crippen molar-refractivity contribution in [3.05, 3.63) is 23.8 Å². The van der Waals surface area contributed by atoms with Gasteiger partial charge in [-0.3, -0.25) is 14.5 Å². The summed E-state index contributed by atoms with van der Waals surface area (Å²) in [6.45, 7) is 5.62. The van der Waals surface area contributed by atoms with E-state index in [1.165, 1.54) is 0 Å². The Kier molecular flexibility index (Phi) is 6.30. The summed E-state index contributed by atoms with van der Waals surface area (Å²) in [7, 11) is 0. The Bertz CT molecular complexity index is 797. The van der Waals surface area contributed by atoms with Gasteiger partial charge >= 0.3 is 6.03 Å². The molecule has 0 bridgehead atoms. The lowest BCUT2D eigenvalue weighted by Crippen LogP contribution is -2.47. The van der Waals surface area contributed by atoms with Crippen LogP contribution in [0.2, 0.25) is 0 Å². The number of benzene rings is 1. The van der Waals surface area contributed by atoms with E-state index in [2.05, 4.69) is 17.6 Å². The van der Waals surface area contributed by atoms with Crippen LogP contribution < -0.4 is 20.1 Å². The number of urea groups is 1. The van der Waals surface area contributed by atoms with Crippen molar-refractivity contribution >= 4 is 17.8 Å². The first-order valence-electron chi connectivity index (χ1n) is 10.1. The minimum atomic E-state index is -1.11. The third-order valence-electron chi connectivity index (χ3n) is 5.29. The van der Waals surface area contributed by atoms with Crippen LogP contribution in [0.4, 0.5) is 4.79 Å². The van der Waals surface area contributed by atoms with Gasteiger partial charge in [-0.2, -0.15) is 0 Å². The van der Waals surface area contributed by atoms with Gasteiger partial charge in [0.15, 0.2) is 11.5 Å². The predicted octanol–water partition coefficient (Wildman–Crippen LogP) is 2.35. The lowest BCUT2D eigenvalue weighted by molar-refractivity contribution is -0.134. The second-order valence-electron chi connectivity index (χ2n) is 7.98. The number of carbonyl (C=O) groups is 3. The molecular weight excluding hydrogens is 374 g/mol. The van der Waals surface area contributed by atoms with Crippen LogP contribution in [0.1, 0.15) is 52.0 Å². The molecule has 1 aromatic carbocycles. The molecule has 2 aliphatic rings. The first-order valence-corrected chi connectivity index (χ1v) is 10.1. The number of rotatable bonds is 9. The molecule has 1 saturated heterocycles. The predicted molar refractivity (Wildman–Crippen MR) is 107 cm³/mol. The maximum Gasteiger partial charge on any atom is 0.325 e. The van der Waals surface area contributed by atoms with E-state index in [0.717, 1.165) is 36.1 Å². The maximum absolute atomic E-state index is 12.9. The van der Waals surface area contributed by atoms with Crippen molar-refractivity contribution in [2.75, 3.05) is 13.3 Å². The molecule has 2 aliphatic heterocycles. The molecule has 2 heterocycles. The zero-order valence-corrected chi connectivity index (χ0v) is 17.2. The molecule has 0 saturated carbocycles. The Morgan fingerprint density at radius 2 is 2.03 bits per heavy atom. The number of hydrogen-bond acceptors (Lipinski definition) is 5. The Morgan fingerprint density at radius 1 is 1.28 bits per heavy atom. The van der Waals surface area contributed by atoms with Crippen LogP contribution >= 0.6 is 0 Å². The van der Waals surface area contributed by atoms with Gasteiger partial charge in [0.1, 0.15) is 12.1 Å². The molecule has 2 atom stereocenters. The SMILES string of the molecule is CCCCC[C@@H](C)NC(=O)CN1C(=O)N[C@](C)(Cc2ccc3c(c2)OCO3)C1=O. The van der Waals surface area contributed by atoms with Crippen molar-refractivity contribution in [1.29, 1.82) is 0 Å². The number of nitrogens with zero attached hydrogens (tertiary/aromatic N) is 1. The monoisotopic (exact) mass is 403 g/mol. The molecule has 8 nitrogen and oxygen atoms in total. The van der Waals surface area contributed by atoms with Crippen LogP contribution in [-0.4, -0.2) is 47.7 Å². The van der Waals surface area contributed by atoms with Gasteiger partial charge < -0.3 is 20.1 Å². The fraction of sp³-hybridized carbons (Fsp3) is 0.571. The Hall–Kier alpha value is -2.77. The van der Waals surface area contributed by atoms with Gasteiger partial charge in [-0.25, -0.2) is 4.79 Å². The van der Waals surface area contributed by atoms with E-state index in [4.69, 9.17) is 9.47 Å². The minimum absolute atomic E-state index is 0.00910. The number of hydrogen-bond donors (Lipinski definition) is 2. The van der Waals surface area contributed by atoms with Gasteiger partial charge in [-0.15, -0.1) is 0 Å². The molecule has 4 amide bonds. The normalized spacial score (nSPS) is 21.3. The molecule has 1 aromatic rings. The minimum Gasteiger partial charge on any atom is -0.454 e. The largest absolute Gasteiger partial charge is 0.454 e. The molecule has 1 fully saturated rings. The number of unbranched alkanes of at least 4 members (excludes halogenated alkanes) is 2. The lowest BCUT2D eigenvalue weighted by Gasteiger charge is -2.22. The summed E-state index contributed by atoms with van der Waals surface area (Å²) in [4.78, 5) is 38.6. The summed E-state index contributed by atoms with van der Waals surface area (Å²) in [6, 6.07) is 4.89. The molecule has 8 heteroatoms. The lowest BCUT2D eigenvalue weighted by atomic mass is 9.92. The number of imide groups is 1. The molecule has 0 aromatic heterocycles. The molecule has 0 radical (unpaired) electrons. The summed E-state index contributed by atoms with van der Waals surface area (Å²) in [5.41, 5.74) is -0.279. The van der Waals surface area contributed by atoms with E-state index in [9.17, 15) is 14.4 Å². The summed E-state index contributed by atoms with van der Waals surface area (Å²) >= 11 is 0. The average molecular weight is 403 g/mol. The Balaban J connectivity index is 1.59. The van der Waals surface area contributed by atoms with Crippen molar-refractivity contribution in [1.82, 2.24) is 15.5 Å². The summed E-state index contributed by atoms with van der Waals surface area (Å²) < 4.78 is 10.7. The number of nitrogens with one attached hydrogen (secondary N) is 2. The fourth-order valence-corrected chi connectivity index (χ4v) is 3.71. The van der Waals surface area contributed by atoms with Crippen molar-refractivity contribution < 1.29 is 23.9 Å². The highest BCUT2D eigenvalue weighted by molar-refractivity contribution is 6.08. The zero-order chi connectivity index (χ0) is 21.0. The number of fused-ring (bicyclic) bond motifs is 1. The fourth-order valence-electron chi connectivity index (χ4n) is 3.71. The average Bonchev–Trinajstić information content (AvgIpc) is 3.20. The second-order valence-corrected chi connectivity index (χ2v) is 7.98. The number of amides is 4. The van der Waals surface area contributed by atoms with Crippen LogP contribution in [0.5, 0.6) is 11.5 Å². The molecular formula is C21H29N3O5. The third kappa shape index (κ3) is 4.81. The highest BCUT2D eigenvalue weighted by Gasteiger charge is 2.48. The van der Waals surface area contributed by atoms with E-state index >= 15 is 0 Å². The third-order valence-corrected chi connectivity index (χ3v) is 5.29. The van der Waals surface area contributed by atoms with Gasteiger partial charge in [0.2, 0.25) is 12.7 Å². The number of carbonyl (C=O) groups excluding carboxylic acids is 3. The van der Waals surface area contributed by atoms with Gasteiger partial charge in [0, 0.05) is 12.5 Å². The molecule has 0 unspecified atom stereocenters. The molecule has 158 valence electrons. The highest BCUT2D eigenvalue weighted by atomic mass is 16.7. The highest BCUT2D eigenvalue weighted by Crippen LogP contribution is 2.34. The maximum atomic E-state index is 12.9. The van der Waals surface area contributed by atoms with Crippen molar-refractivity contribution in [2.45, 2.75) is 64.5 Å². The van der Waals surface area contributed by atoms with Crippen molar-refractivity contribution in [2.24, 2.45) is 0 Å². The molecule has 29 heavy (non-hydrogen) atoms. The van der Waals surface area contributed by atoms with Gasteiger partial charge in [-0.1, -0.05) is 32.3 Å². The van der Waals surface area contributed by atoms with E-state index in [-0.39, 0.29) is 25.3 Å². The molecule has 2 N–H and O–H groups in total. The van der Waals surface area contributed by atoms with Crippen LogP contribution in [-0.2, 0) is 16.0 Å². The Morgan fingerprint density at radius 3 is 2.79 bits per heavy atom. The first kappa shape index (κ1) is 21.0. The molecule has 0 spiro atoms. The van der Waals surface area contributed by atoms with E-state index in [0.29, 0.717) is 17.9 Å². The van der Waals surface area contributed by atoms with Crippen molar-refractivity contribution in [3.8, 4) is 11.5 Å². The smallest absolute Gasteiger partial charge is 0.325 e. The van der Waals surface area contributed by atoms with Crippen LogP contribution in [0, 0.1) is 0 Å². The molecule has 0 aliphatic carbocycles. The number of ether oxygens (including phenoxy) is 2. The quantitative estimate of drug-likeness (QED) is 0.487. The van der Waals surface area contributed by atoms with E-state index in [1.54, 1.807) is 19.1 Å². The second kappa shape index (κ2) is 8.71. The van der Waals surface area contributed by atoms with Gasteiger partial charge in [0.25, 0.3) is 5.91 Å².